The van der Waals surface area contributed by atoms with Crippen molar-refractivity contribution in [3.05, 3.63) is 23.8 Å². The Morgan fingerprint density at radius 3 is 2.50 bits per heavy atom. The van der Waals surface area contributed by atoms with Gasteiger partial charge in [-0.1, -0.05) is 0 Å². The number of ether oxygens (including phenoxy) is 1. The third kappa shape index (κ3) is 3.61. The van der Waals surface area contributed by atoms with E-state index in [0.29, 0.717) is 5.92 Å². The second-order valence-electron chi connectivity index (χ2n) is 7.16. The molecule has 1 aromatic carbocycles. The van der Waals surface area contributed by atoms with Crippen LogP contribution < -0.4 is 11.1 Å². The van der Waals surface area contributed by atoms with Crippen molar-refractivity contribution in [1.29, 1.82) is 0 Å². The third-order valence-corrected chi connectivity index (χ3v) is 6.49. The van der Waals surface area contributed by atoms with E-state index in [1.165, 1.54) is 18.2 Å². The van der Waals surface area contributed by atoms with Crippen LogP contribution >= 0.6 is 0 Å². The highest BCUT2D eigenvalue weighted by molar-refractivity contribution is 7.90. The number of fused-ring (bicyclic) bond motifs is 2. The lowest BCUT2D eigenvalue weighted by atomic mass is 9.84. The SMILES string of the molecule is CCOC(=O)c1cc(NC(=O)C2C3CCC(C3)C2N)cc(S(C)(=O)=O)c1. The van der Waals surface area contributed by atoms with Crippen molar-refractivity contribution in [3.63, 3.8) is 0 Å². The topological polar surface area (TPSA) is 116 Å². The van der Waals surface area contributed by atoms with Crippen LogP contribution in [0.25, 0.3) is 0 Å². The van der Waals surface area contributed by atoms with Crippen LogP contribution in [0.5, 0.6) is 0 Å². The molecule has 142 valence electrons. The number of carbonyl (C=O) groups excluding carboxylic acids is 2. The lowest BCUT2D eigenvalue weighted by Gasteiger charge is -2.27. The summed E-state index contributed by atoms with van der Waals surface area (Å²) in [6.07, 6.45) is 4.07. The zero-order valence-electron chi connectivity index (χ0n) is 14.9. The number of hydrogen-bond acceptors (Lipinski definition) is 6. The lowest BCUT2D eigenvalue weighted by molar-refractivity contribution is -0.121. The van der Waals surface area contributed by atoms with Crippen molar-refractivity contribution in [2.75, 3.05) is 18.2 Å². The predicted octanol–water partition coefficient (Wildman–Crippen LogP) is 1.58. The molecule has 1 amide bonds. The van der Waals surface area contributed by atoms with Crippen molar-refractivity contribution in [3.8, 4) is 0 Å². The van der Waals surface area contributed by atoms with Gasteiger partial charge in [0.1, 0.15) is 0 Å². The van der Waals surface area contributed by atoms with E-state index in [0.717, 1.165) is 25.5 Å². The number of nitrogens with two attached hydrogens (primary N) is 1. The number of hydrogen-bond donors (Lipinski definition) is 2. The Labute approximate surface area is 153 Å². The van der Waals surface area contributed by atoms with Gasteiger partial charge in [-0.3, -0.25) is 4.79 Å². The van der Waals surface area contributed by atoms with Gasteiger partial charge >= 0.3 is 5.97 Å². The second kappa shape index (κ2) is 7.00. The summed E-state index contributed by atoms with van der Waals surface area (Å²) < 4.78 is 28.8. The zero-order valence-corrected chi connectivity index (χ0v) is 15.7. The van der Waals surface area contributed by atoms with Gasteiger partial charge in [-0.2, -0.15) is 0 Å². The summed E-state index contributed by atoms with van der Waals surface area (Å²) in [4.78, 5) is 24.7. The minimum atomic E-state index is -3.55. The summed E-state index contributed by atoms with van der Waals surface area (Å²) in [5.74, 6) is -0.470. The van der Waals surface area contributed by atoms with Crippen LogP contribution in [-0.4, -0.2) is 39.2 Å². The Balaban J connectivity index is 1.88. The van der Waals surface area contributed by atoms with Crippen LogP contribution in [0.15, 0.2) is 23.1 Å². The molecule has 4 atom stereocenters. The van der Waals surface area contributed by atoms with Crippen LogP contribution in [0.1, 0.15) is 36.5 Å². The van der Waals surface area contributed by atoms with Gasteiger partial charge in [-0.15, -0.1) is 0 Å². The monoisotopic (exact) mass is 380 g/mol. The molecule has 3 rings (SSSR count). The molecule has 0 saturated heterocycles. The number of anilines is 1. The van der Waals surface area contributed by atoms with Crippen LogP contribution in [0.3, 0.4) is 0 Å². The summed E-state index contributed by atoms with van der Waals surface area (Å²) in [5, 5.41) is 2.76. The lowest BCUT2D eigenvalue weighted by Crippen LogP contribution is -2.42. The van der Waals surface area contributed by atoms with Gasteiger partial charge in [-0.25, -0.2) is 13.2 Å². The molecule has 3 N–H and O–H groups in total. The molecule has 0 heterocycles. The van der Waals surface area contributed by atoms with Crippen molar-refractivity contribution >= 4 is 27.4 Å². The summed E-state index contributed by atoms with van der Waals surface area (Å²) in [5.41, 5.74) is 6.55. The van der Waals surface area contributed by atoms with E-state index in [1.807, 2.05) is 0 Å². The maximum absolute atomic E-state index is 12.7. The van der Waals surface area contributed by atoms with Crippen molar-refractivity contribution in [2.24, 2.45) is 23.5 Å². The highest BCUT2D eigenvalue weighted by Crippen LogP contribution is 2.47. The maximum atomic E-state index is 12.7. The molecular weight excluding hydrogens is 356 g/mol. The number of sulfone groups is 1. The zero-order chi connectivity index (χ0) is 19.1. The number of carbonyl (C=O) groups is 2. The van der Waals surface area contributed by atoms with Crippen molar-refractivity contribution < 1.29 is 22.7 Å². The third-order valence-electron chi connectivity index (χ3n) is 5.40. The molecule has 2 aliphatic rings. The fraction of sp³-hybridized carbons (Fsp3) is 0.556. The first-order valence-corrected chi connectivity index (χ1v) is 10.7. The number of nitrogens with one attached hydrogen (secondary N) is 1. The Hall–Kier alpha value is -1.93. The van der Waals surface area contributed by atoms with E-state index in [2.05, 4.69) is 5.32 Å². The number of esters is 1. The minimum Gasteiger partial charge on any atom is -0.462 e. The molecule has 0 aliphatic heterocycles. The average Bonchev–Trinajstić information content (AvgIpc) is 3.14. The molecule has 2 aliphatic carbocycles. The molecular formula is C18H24N2O5S. The van der Waals surface area contributed by atoms with Crippen molar-refractivity contribution in [1.82, 2.24) is 0 Å². The van der Waals surface area contributed by atoms with Crippen molar-refractivity contribution in [2.45, 2.75) is 37.1 Å². The number of amides is 1. The van der Waals surface area contributed by atoms with E-state index < -0.39 is 15.8 Å². The van der Waals surface area contributed by atoms with Crippen LogP contribution in [-0.2, 0) is 19.4 Å². The molecule has 0 aromatic heterocycles. The standard InChI is InChI=1S/C18H24N2O5S/c1-3-25-18(22)12-7-13(9-14(8-12)26(2,23)24)20-17(21)15-10-4-5-11(6-10)16(15)19/h7-11,15-16H,3-6,19H2,1-2H3,(H,20,21). The molecule has 26 heavy (non-hydrogen) atoms. The first kappa shape index (κ1) is 18.8. The van der Waals surface area contributed by atoms with Crippen LogP contribution in [0, 0.1) is 17.8 Å². The van der Waals surface area contributed by atoms with E-state index in [1.54, 1.807) is 6.92 Å². The largest absolute Gasteiger partial charge is 0.462 e. The van der Waals surface area contributed by atoms with Gasteiger partial charge in [0.2, 0.25) is 5.91 Å². The smallest absolute Gasteiger partial charge is 0.338 e. The Morgan fingerprint density at radius 1 is 1.23 bits per heavy atom. The van der Waals surface area contributed by atoms with Gasteiger partial charge in [0.25, 0.3) is 0 Å². The van der Waals surface area contributed by atoms with Crippen LogP contribution in [0.2, 0.25) is 0 Å². The quantitative estimate of drug-likeness (QED) is 0.749. The Morgan fingerprint density at radius 2 is 1.92 bits per heavy atom. The highest BCUT2D eigenvalue weighted by Gasteiger charge is 2.49. The second-order valence-corrected chi connectivity index (χ2v) is 9.18. The number of benzene rings is 1. The molecule has 4 unspecified atom stereocenters. The molecule has 2 fully saturated rings. The van der Waals surface area contributed by atoms with Gasteiger partial charge in [-0.05, 0) is 56.2 Å². The van der Waals surface area contributed by atoms with E-state index in [-0.39, 0.29) is 46.5 Å². The summed E-state index contributed by atoms with van der Waals surface area (Å²) in [6.45, 7) is 1.83. The molecule has 7 nitrogen and oxygen atoms in total. The van der Waals surface area contributed by atoms with Gasteiger partial charge in [0, 0.05) is 18.0 Å². The first-order chi connectivity index (χ1) is 12.2. The van der Waals surface area contributed by atoms with Gasteiger partial charge in [0.15, 0.2) is 9.84 Å². The van der Waals surface area contributed by atoms with Crippen LogP contribution in [0.4, 0.5) is 5.69 Å². The summed E-state index contributed by atoms with van der Waals surface area (Å²) in [7, 11) is -3.55. The molecule has 1 aromatic rings. The summed E-state index contributed by atoms with van der Waals surface area (Å²) in [6, 6.07) is 3.88. The Bertz CT molecular complexity index is 834. The van der Waals surface area contributed by atoms with E-state index in [9.17, 15) is 18.0 Å². The van der Waals surface area contributed by atoms with E-state index >= 15 is 0 Å². The molecule has 0 radical (unpaired) electrons. The number of rotatable bonds is 5. The molecule has 2 bridgehead atoms. The molecule has 8 heteroatoms. The van der Waals surface area contributed by atoms with Gasteiger partial charge < -0.3 is 15.8 Å². The molecule has 2 saturated carbocycles. The normalized spacial score (nSPS) is 27.3. The minimum absolute atomic E-state index is 0.0457. The predicted molar refractivity (Wildman–Crippen MR) is 96.4 cm³/mol. The fourth-order valence-electron chi connectivity index (χ4n) is 4.17. The summed E-state index contributed by atoms with van der Waals surface area (Å²) >= 11 is 0. The fourth-order valence-corrected chi connectivity index (χ4v) is 4.85. The highest BCUT2D eigenvalue weighted by atomic mass is 32.2. The van der Waals surface area contributed by atoms with Gasteiger partial charge in [0.05, 0.1) is 23.0 Å². The first-order valence-electron chi connectivity index (χ1n) is 8.79. The Kier molecular flexibility index (Phi) is 5.07. The van der Waals surface area contributed by atoms with E-state index in [4.69, 9.17) is 10.5 Å². The maximum Gasteiger partial charge on any atom is 0.338 e. The molecule has 0 spiro atoms. The average molecular weight is 380 g/mol.